The highest BCUT2D eigenvalue weighted by molar-refractivity contribution is 5.86. The van der Waals surface area contributed by atoms with Crippen molar-refractivity contribution >= 4 is 11.4 Å². The van der Waals surface area contributed by atoms with Gasteiger partial charge in [0.25, 0.3) is 0 Å². The Morgan fingerprint density at radius 3 is 2.47 bits per heavy atom. The minimum absolute atomic E-state index is 0.196. The Morgan fingerprint density at radius 2 is 1.87 bits per heavy atom. The van der Waals surface area contributed by atoms with Crippen molar-refractivity contribution in [3.8, 4) is 0 Å². The Kier molecular flexibility index (Phi) is 2.62. The van der Waals surface area contributed by atoms with Crippen molar-refractivity contribution in [2.75, 3.05) is 0 Å². The summed E-state index contributed by atoms with van der Waals surface area (Å²) in [6.07, 6.45) is 3.29. The van der Waals surface area contributed by atoms with E-state index in [1.807, 2.05) is 0 Å². The van der Waals surface area contributed by atoms with E-state index in [0.717, 1.165) is 11.6 Å². The maximum Gasteiger partial charge on any atom is 0.159 e. The molecule has 1 nitrogen and oxygen atoms in total. The second kappa shape index (κ2) is 3.93. The van der Waals surface area contributed by atoms with E-state index in [1.165, 1.54) is 6.07 Å². The van der Waals surface area contributed by atoms with E-state index in [9.17, 15) is 13.6 Å². The molecule has 0 unspecified atom stereocenters. The van der Waals surface area contributed by atoms with Crippen LogP contribution in [0.15, 0.2) is 24.3 Å². The second-order valence-electron chi connectivity index (χ2n) is 3.60. The zero-order valence-corrected chi connectivity index (χ0v) is 8.09. The quantitative estimate of drug-likeness (QED) is 0.693. The van der Waals surface area contributed by atoms with Crippen LogP contribution in [0.3, 0.4) is 0 Å². The summed E-state index contributed by atoms with van der Waals surface area (Å²) < 4.78 is 25.6. The number of carbonyl (C=O) groups excluding carboxylic acids is 1. The van der Waals surface area contributed by atoms with Crippen LogP contribution in [-0.4, -0.2) is 5.78 Å². The van der Waals surface area contributed by atoms with Crippen molar-refractivity contribution in [1.29, 1.82) is 0 Å². The molecule has 1 aromatic rings. The molecule has 1 aliphatic carbocycles. The molecule has 0 aliphatic heterocycles. The molecule has 0 spiro atoms. The number of Topliss-reactive ketones (excluding diaryl/α,β-unsaturated/α-hetero) is 1. The number of rotatable bonds is 1. The third-order valence-electron chi connectivity index (χ3n) is 2.54. The van der Waals surface area contributed by atoms with E-state index in [4.69, 9.17) is 0 Å². The topological polar surface area (TPSA) is 17.1 Å². The third kappa shape index (κ3) is 2.12. The van der Waals surface area contributed by atoms with Crippen molar-refractivity contribution in [1.82, 2.24) is 0 Å². The van der Waals surface area contributed by atoms with Crippen molar-refractivity contribution in [3.05, 3.63) is 41.5 Å². The van der Waals surface area contributed by atoms with Crippen molar-refractivity contribution < 1.29 is 13.6 Å². The van der Waals surface area contributed by atoms with Crippen LogP contribution in [0.4, 0.5) is 8.78 Å². The molecule has 3 heteroatoms. The van der Waals surface area contributed by atoms with Gasteiger partial charge in [0.15, 0.2) is 11.6 Å². The van der Waals surface area contributed by atoms with Crippen molar-refractivity contribution in [2.24, 2.45) is 0 Å². The van der Waals surface area contributed by atoms with Gasteiger partial charge in [0.1, 0.15) is 5.78 Å². The molecule has 78 valence electrons. The molecule has 15 heavy (non-hydrogen) atoms. The standard InChI is InChI=1S/C12H10F2O/c13-11-6-3-9(7-12(11)14)8-1-4-10(15)5-2-8/h1,3,6-7H,2,4-5H2. The van der Waals surface area contributed by atoms with Crippen LogP contribution in [0.2, 0.25) is 0 Å². The lowest BCUT2D eigenvalue weighted by molar-refractivity contribution is -0.118. The first-order valence-electron chi connectivity index (χ1n) is 4.83. The van der Waals surface area contributed by atoms with Crippen molar-refractivity contribution in [2.45, 2.75) is 19.3 Å². The summed E-state index contributed by atoms with van der Waals surface area (Å²) in [5, 5.41) is 0. The maximum absolute atomic E-state index is 12.9. The predicted molar refractivity (Wildman–Crippen MR) is 53.2 cm³/mol. The first-order chi connectivity index (χ1) is 7.16. The molecule has 0 amide bonds. The fourth-order valence-corrected chi connectivity index (χ4v) is 1.67. The van der Waals surface area contributed by atoms with Crippen LogP contribution in [-0.2, 0) is 4.79 Å². The lowest BCUT2D eigenvalue weighted by Gasteiger charge is -2.12. The molecule has 1 aliphatic rings. The van der Waals surface area contributed by atoms with Gasteiger partial charge in [-0.1, -0.05) is 12.1 Å². The maximum atomic E-state index is 12.9. The molecule has 1 aromatic carbocycles. The zero-order chi connectivity index (χ0) is 10.8. The number of ketones is 1. The van der Waals surface area contributed by atoms with Crippen LogP contribution in [0.5, 0.6) is 0 Å². The fraction of sp³-hybridized carbons (Fsp3) is 0.250. The van der Waals surface area contributed by atoms with Crippen LogP contribution in [0.1, 0.15) is 24.8 Å². The summed E-state index contributed by atoms with van der Waals surface area (Å²) >= 11 is 0. The summed E-state index contributed by atoms with van der Waals surface area (Å²) in [5.74, 6) is -1.49. The molecule has 0 saturated carbocycles. The van der Waals surface area contributed by atoms with E-state index in [2.05, 4.69) is 0 Å². The molecular weight excluding hydrogens is 198 g/mol. The van der Waals surface area contributed by atoms with E-state index in [0.29, 0.717) is 24.8 Å². The Balaban J connectivity index is 2.30. The Morgan fingerprint density at radius 1 is 1.07 bits per heavy atom. The highest BCUT2D eigenvalue weighted by Gasteiger charge is 2.13. The number of benzene rings is 1. The lowest BCUT2D eigenvalue weighted by atomic mass is 9.93. The normalized spacial score (nSPS) is 16.4. The van der Waals surface area contributed by atoms with Gasteiger partial charge in [-0.05, 0) is 29.7 Å². The van der Waals surface area contributed by atoms with Crippen LogP contribution >= 0.6 is 0 Å². The summed E-state index contributed by atoms with van der Waals surface area (Å²) in [5.41, 5.74) is 1.59. The molecule has 0 bridgehead atoms. The average molecular weight is 208 g/mol. The highest BCUT2D eigenvalue weighted by Crippen LogP contribution is 2.26. The number of carbonyl (C=O) groups is 1. The summed E-state index contributed by atoms with van der Waals surface area (Å²) in [4.78, 5) is 11.0. The van der Waals surface area contributed by atoms with E-state index < -0.39 is 11.6 Å². The summed E-state index contributed by atoms with van der Waals surface area (Å²) in [6, 6.07) is 3.83. The van der Waals surface area contributed by atoms with Gasteiger partial charge in [0.2, 0.25) is 0 Å². The molecular formula is C12H10F2O. The van der Waals surface area contributed by atoms with E-state index >= 15 is 0 Å². The Hall–Kier alpha value is -1.51. The largest absolute Gasteiger partial charge is 0.299 e. The predicted octanol–water partition coefficient (Wildman–Crippen LogP) is 3.10. The van der Waals surface area contributed by atoms with Crippen LogP contribution in [0, 0.1) is 11.6 Å². The molecule has 0 atom stereocenters. The van der Waals surface area contributed by atoms with Gasteiger partial charge in [-0.15, -0.1) is 0 Å². The van der Waals surface area contributed by atoms with Gasteiger partial charge in [0, 0.05) is 12.8 Å². The highest BCUT2D eigenvalue weighted by atomic mass is 19.2. The van der Waals surface area contributed by atoms with Crippen LogP contribution in [0.25, 0.3) is 5.57 Å². The minimum atomic E-state index is -0.842. The molecule has 0 radical (unpaired) electrons. The van der Waals surface area contributed by atoms with Gasteiger partial charge in [-0.25, -0.2) is 8.78 Å². The smallest absolute Gasteiger partial charge is 0.159 e. The monoisotopic (exact) mass is 208 g/mol. The first kappa shape index (κ1) is 10.0. The number of allylic oxidation sites excluding steroid dienone is 2. The summed E-state index contributed by atoms with van der Waals surface area (Å²) in [7, 11) is 0. The lowest BCUT2D eigenvalue weighted by Crippen LogP contribution is -2.03. The van der Waals surface area contributed by atoms with Crippen LogP contribution < -0.4 is 0 Å². The fourth-order valence-electron chi connectivity index (χ4n) is 1.67. The third-order valence-corrected chi connectivity index (χ3v) is 2.54. The number of hydrogen-bond donors (Lipinski definition) is 0. The van der Waals surface area contributed by atoms with Gasteiger partial charge < -0.3 is 0 Å². The second-order valence-corrected chi connectivity index (χ2v) is 3.60. The van der Waals surface area contributed by atoms with E-state index in [1.54, 1.807) is 12.1 Å². The Bertz CT molecular complexity index is 435. The summed E-state index contributed by atoms with van der Waals surface area (Å²) in [6.45, 7) is 0. The molecule has 2 rings (SSSR count). The average Bonchev–Trinajstić information content (AvgIpc) is 2.23. The van der Waals surface area contributed by atoms with Gasteiger partial charge in [0.05, 0.1) is 0 Å². The van der Waals surface area contributed by atoms with Crippen molar-refractivity contribution in [3.63, 3.8) is 0 Å². The molecule has 0 fully saturated rings. The molecule has 0 saturated heterocycles. The van der Waals surface area contributed by atoms with Gasteiger partial charge in [-0.2, -0.15) is 0 Å². The number of hydrogen-bond acceptors (Lipinski definition) is 1. The molecule has 0 heterocycles. The van der Waals surface area contributed by atoms with E-state index in [-0.39, 0.29) is 5.78 Å². The van der Waals surface area contributed by atoms with Gasteiger partial charge >= 0.3 is 0 Å². The van der Waals surface area contributed by atoms with Gasteiger partial charge in [-0.3, -0.25) is 4.79 Å². The SMILES string of the molecule is O=C1CC=C(c2ccc(F)c(F)c2)CC1. The Labute approximate surface area is 86.4 Å². The number of halogens is 2. The minimum Gasteiger partial charge on any atom is -0.299 e. The molecule has 0 aromatic heterocycles. The zero-order valence-electron chi connectivity index (χ0n) is 8.09. The first-order valence-corrected chi connectivity index (χ1v) is 4.83. The molecule has 0 N–H and O–H groups in total.